The highest BCUT2D eigenvalue weighted by atomic mass is 35.5. The van der Waals surface area contributed by atoms with Gasteiger partial charge in [-0.15, -0.1) is 11.6 Å². The Bertz CT molecular complexity index is 353. The molecule has 1 atom stereocenters. The molecule has 1 N–H and O–H groups in total. The zero-order valence-electron chi connectivity index (χ0n) is 11.7. The van der Waals surface area contributed by atoms with Crippen LogP contribution in [-0.2, 0) is 4.79 Å². The standard InChI is InChI=1S/C16H24ClNO/c1-2-3-4-5-6-10-13-18-16(19)15(17)14-11-8-7-9-12-14/h7-9,11-12,15H,2-6,10,13H2,1H3,(H,18,19). The number of amides is 1. The van der Waals surface area contributed by atoms with E-state index in [1.807, 2.05) is 30.3 Å². The molecule has 0 radical (unpaired) electrons. The van der Waals surface area contributed by atoms with Crippen molar-refractivity contribution in [1.29, 1.82) is 0 Å². The van der Waals surface area contributed by atoms with Crippen molar-refractivity contribution in [3.05, 3.63) is 35.9 Å². The highest BCUT2D eigenvalue weighted by molar-refractivity contribution is 6.30. The summed E-state index contributed by atoms with van der Waals surface area (Å²) in [7, 11) is 0. The Morgan fingerprint density at radius 3 is 2.42 bits per heavy atom. The predicted octanol–water partition coefficient (Wildman–Crippen LogP) is 4.44. The zero-order valence-corrected chi connectivity index (χ0v) is 12.5. The molecule has 0 aliphatic carbocycles. The number of hydrogen-bond donors (Lipinski definition) is 1. The van der Waals surface area contributed by atoms with E-state index in [0.29, 0.717) is 0 Å². The first-order chi connectivity index (χ1) is 9.25. The maximum Gasteiger partial charge on any atom is 0.242 e. The number of hydrogen-bond acceptors (Lipinski definition) is 1. The lowest BCUT2D eigenvalue weighted by Crippen LogP contribution is -2.27. The largest absolute Gasteiger partial charge is 0.355 e. The Morgan fingerprint density at radius 1 is 1.11 bits per heavy atom. The minimum absolute atomic E-state index is 0.0959. The maximum absolute atomic E-state index is 11.8. The van der Waals surface area contributed by atoms with Gasteiger partial charge in [0, 0.05) is 6.54 Å². The van der Waals surface area contributed by atoms with Gasteiger partial charge in [0.25, 0.3) is 0 Å². The van der Waals surface area contributed by atoms with Gasteiger partial charge in [-0.05, 0) is 12.0 Å². The second-order valence-electron chi connectivity index (χ2n) is 4.83. The molecule has 0 aromatic heterocycles. The molecule has 1 aromatic carbocycles. The van der Waals surface area contributed by atoms with Crippen LogP contribution in [0.15, 0.2) is 30.3 Å². The van der Waals surface area contributed by atoms with Gasteiger partial charge in [0.2, 0.25) is 5.91 Å². The monoisotopic (exact) mass is 281 g/mol. The summed E-state index contributed by atoms with van der Waals surface area (Å²) in [5.74, 6) is -0.0959. The van der Waals surface area contributed by atoms with Gasteiger partial charge in [-0.2, -0.15) is 0 Å². The molecular formula is C16H24ClNO. The first kappa shape index (κ1) is 16.0. The van der Waals surface area contributed by atoms with Crippen LogP contribution in [0.2, 0.25) is 0 Å². The normalized spacial score (nSPS) is 12.1. The Hall–Kier alpha value is -1.02. The van der Waals surface area contributed by atoms with Crippen LogP contribution >= 0.6 is 11.6 Å². The number of unbranched alkanes of at least 4 members (excludes halogenated alkanes) is 5. The minimum Gasteiger partial charge on any atom is -0.355 e. The van der Waals surface area contributed by atoms with Crippen molar-refractivity contribution in [2.45, 2.75) is 50.8 Å². The number of benzene rings is 1. The van der Waals surface area contributed by atoms with Crippen LogP contribution < -0.4 is 5.32 Å². The van der Waals surface area contributed by atoms with E-state index in [1.54, 1.807) is 0 Å². The molecule has 1 aromatic rings. The lowest BCUT2D eigenvalue weighted by molar-refractivity contribution is -0.120. The fourth-order valence-electron chi connectivity index (χ4n) is 1.98. The third-order valence-electron chi connectivity index (χ3n) is 3.15. The quantitative estimate of drug-likeness (QED) is 0.526. The van der Waals surface area contributed by atoms with Gasteiger partial charge in [0.05, 0.1) is 0 Å². The second kappa shape index (κ2) is 9.85. The number of halogens is 1. The molecule has 0 aliphatic heterocycles. The van der Waals surface area contributed by atoms with Crippen LogP contribution in [0, 0.1) is 0 Å². The molecule has 2 nitrogen and oxygen atoms in total. The second-order valence-corrected chi connectivity index (χ2v) is 5.27. The van der Waals surface area contributed by atoms with Gasteiger partial charge in [0.1, 0.15) is 5.38 Å². The van der Waals surface area contributed by atoms with Crippen molar-refractivity contribution in [3.63, 3.8) is 0 Å². The Balaban J connectivity index is 2.14. The topological polar surface area (TPSA) is 29.1 Å². The van der Waals surface area contributed by atoms with Crippen LogP contribution in [0.3, 0.4) is 0 Å². The number of carbonyl (C=O) groups is 1. The van der Waals surface area contributed by atoms with Gasteiger partial charge in [-0.3, -0.25) is 4.79 Å². The average Bonchev–Trinajstić information content (AvgIpc) is 2.46. The summed E-state index contributed by atoms with van der Waals surface area (Å²) in [6, 6.07) is 9.46. The Labute approximate surface area is 121 Å². The predicted molar refractivity (Wildman–Crippen MR) is 81.4 cm³/mol. The lowest BCUT2D eigenvalue weighted by atomic mass is 10.1. The van der Waals surface area contributed by atoms with E-state index in [1.165, 1.54) is 32.1 Å². The summed E-state index contributed by atoms with van der Waals surface area (Å²) in [6.45, 7) is 2.94. The summed E-state index contributed by atoms with van der Waals surface area (Å²) >= 11 is 6.13. The van der Waals surface area contributed by atoms with E-state index in [2.05, 4.69) is 12.2 Å². The maximum atomic E-state index is 11.8. The molecule has 106 valence electrons. The first-order valence-electron chi connectivity index (χ1n) is 7.22. The molecule has 0 fully saturated rings. The highest BCUT2D eigenvalue weighted by Crippen LogP contribution is 2.19. The van der Waals surface area contributed by atoms with E-state index in [4.69, 9.17) is 11.6 Å². The average molecular weight is 282 g/mol. The molecule has 0 spiro atoms. The van der Waals surface area contributed by atoms with Crippen LogP contribution in [0.1, 0.15) is 56.4 Å². The molecule has 1 amide bonds. The smallest absolute Gasteiger partial charge is 0.242 e. The molecule has 3 heteroatoms. The summed E-state index contributed by atoms with van der Waals surface area (Å²) in [6.07, 6.45) is 7.34. The summed E-state index contributed by atoms with van der Waals surface area (Å²) in [5, 5.41) is 2.32. The summed E-state index contributed by atoms with van der Waals surface area (Å²) in [5.41, 5.74) is 0.851. The third kappa shape index (κ3) is 6.63. The van der Waals surface area contributed by atoms with Crippen LogP contribution in [0.25, 0.3) is 0 Å². The molecule has 1 unspecified atom stereocenters. The Kier molecular flexibility index (Phi) is 8.31. The van der Waals surface area contributed by atoms with Gasteiger partial charge in [0.15, 0.2) is 0 Å². The molecule has 0 heterocycles. The number of nitrogens with one attached hydrogen (secondary N) is 1. The van der Waals surface area contributed by atoms with Crippen molar-refractivity contribution in [1.82, 2.24) is 5.32 Å². The van der Waals surface area contributed by atoms with Crippen LogP contribution in [-0.4, -0.2) is 12.5 Å². The van der Waals surface area contributed by atoms with Crippen molar-refractivity contribution < 1.29 is 4.79 Å². The molecule has 0 aliphatic rings. The first-order valence-corrected chi connectivity index (χ1v) is 7.66. The van der Waals surface area contributed by atoms with E-state index in [-0.39, 0.29) is 5.91 Å². The number of rotatable bonds is 9. The molecule has 0 bridgehead atoms. The molecule has 19 heavy (non-hydrogen) atoms. The van der Waals surface area contributed by atoms with Crippen LogP contribution in [0.5, 0.6) is 0 Å². The SMILES string of the molecule is CCCCCCCCNC(=O)C(Cl)c1ccccc1. The van der Waals surface area contributed by atoms with Gasteiger partial charge in [-0.25, -0.2) is 0 Å². The molecular weight excluding hydrogens is 258 g/mol. The molecule has 0 saturated carbocycles. The lowest BCUT2D eigenvalue weighted by Gasteiger charge is -2.10. The van der Waals surface area contributed by atoms with E-state index in [9.17, 15) is 4.79 Å². The minimum atomic E-state index is -0.582. The van der Waals surface area contributed by atoms with Gasteiger partial charge in [-0.1, -0.05) is 69.4 Å². The zero-order chi connectivity index (χ0) is 13.9. The van der Waals surface area contributed by atoms with Crippen molar-refractivity contribution in [2.24, 2.45) is 0 Å². The Morgan fingerprint density at radius 2 is 1.74 bits per heavy atom. The molecule has 0 saturated heterocycles. The highest BCUT2D eigenvalue weighted by Gasteiger charge is 2.16. The van der Waals surface area contributed by atoms with Gasteiger partial charge < -0.3 is 5.32 Å². The van der Waals surface area contributed by atoms with Gasteiger partial charge >= 0.3 is 0 Å². The number of alkyl halides is 1. The van der Waals surface area contributed by atoms with E-state index in [0.717, 1.165) is 18.5 Å². The van der Waals surface area contributed by atoms with Crippen LogP contribution in [0.4, 0.5) is 0 Å². The summed E-state index contributed by atoms with van der Waals surface area (Å²) in [4.78, 5) is 11.8. The molecule has 1 rings (SSSR count). The van der Waals surface area contributed by atoms with Crippen molar-refractivity contribution in [2.75, 3.05) is 6.54 Å². The third-order valence-corrected chi connectivity index (χ3v) is 3.60. The fraction of sp³-hybridized carbons (Fsp3) is 0.562. The number of carbonyl (C=O) groups excluding carboxylic acids is 1. The van der Waals surface area contributed by atoms with E-state index >= 15 is 0 Å². The summed E-state index contributed by atoms with van der Waals surface area (Å²) < 4.78 is 0. The fourth-order valence-corrected chi connectivity index (χ4v) is 2.20. The van der Waals surface area contributed by atoms with Crippen molar-refractivity contribution in [3.8, 4) is 0 Å². The van der Waals surface area contributed by atoms with E-state index < -0.39 is 5.38 Å². The van der Waals surface area contributed by atoms with Crippen molar-refractivity contribution >= 4 is 17.5 Å².